The SMILES string of the molecule is COc1ccc(CSc2nnc(-c3c[nH]c4ccccc34)o2)cc1. The van der Waals surface area contributed by atoms with Gasteiger partial charge in [0.2, 0.25) is 0 Å². The van der Waals surface area contributed by atoms with Gasteiger partial charge in [0.25, 0.3) is 11.1 Å². The number of aromatic nitrogens is 3. The average Bonchev–Trinajstić information content (AvgIpc) is 3.27. The molecular weight excluding hydrogens is 322 g/mol. The number of hydrogen-bond donors (Lipinski definition) is 1. The molecule has 0 fully saturated rings. The van der Waals surface area contributed by atoms with E-state index >= 15 is 0 Å². The quantitative estimate of drug-likeness (QED) is 0.543. The lowest BCUT2D eigenvalue weighted by Gasteiger charge is -2.01. The first kappa shape index (κ1) is 14.8. The van der Waals surface area contributed by atoms with Crippen molar-refractivity contribution in [2.45, 2.75) is 11.0 Å². The first-order valence-corrected chi connectivity index (χ1v) is 8.48. The predicted octanol–water partition coefficient (Wildman–Crippen LogP) is 4.52. The molecule has 0 spiro atoms. The Morgan fingerprint density at radius 3 is 2.75 bits per heavy atom. The van der Waals surface area contributed by atoms with E-state index in [4.69, 9.17) is 9.15 Å². The van der Waals surface area contributed by atoms with E-state index in [1.807, 2.05) is 54.7 Å². The molecule has 0 saturated carbocycles. The molecule has 4 aromatic rings. The smallest absolute Gasteiger partial charge is 0.277 e. The second-order valence-electron chi connectivity index (χ2n) is 5.26. The minimum atomic E-state index is 0.532. The van der Waals surface area contributed by atoms with Crippen LogP contribution >= 0.6 is 11.8 Å². The highest BCUT2D eigenvalue weighted by molar-refractivity contribution is 7.98. The minimum absolute atomic E-state index is 0.532. The normalized spacial score (nSPS) is 11.0. The average molecular weight is 337 g/mol. The molecular formula is C18H15N3O2S. The number of aromatic amines is 1. The number of thioether (sulfide) groups is 1. The summed E-state index contributed by atoms with van der Waals surface area (Å²) in [5.41, 5.74) is 3.15. The maximum absolute atomic E-state index is 5.80. The van der Waals surface area contributed by atoms with Crippen molar-refractivity contribution in [2.24, 2.45) is 0 Å². The predicted molar refractivity (Wildman–Crippen MR) is 94.1 cm³/mol. The molecule has 5 nitrogen and oxygen atoms in total. The molecule has 0 aliphatic heterocycles. The highest BCUT2D eigenvalue weighted by Gasteiger charge is 2.13. The van der Waals surface area contributed by atoms with Crippen molar-refractivity contribution in [3.8, 4) is 17.2 Å². The van der Waals surface area contributed by atoms with Crippen LogP contribution in [0.15, 0.2) is 64.4 Å². The fraction of sp³-hybridized carbons (Fsp3) is 0.111. The van der Waals surface area contributed by atoms with E-state index in [1.165, 1.54) is 17.3 Å². The van der Waals surface area contributed by atoms with Crippen molar-refractivity contribution in [3.63, 3.8) is 0 Å². The fourth-order valence-electron chi connectivity index (χ4n) is 2.49. The van der Waals surface area contributed by atoms with Crippen molar-refractivity contribution in [1.29, 1.82) is 0 Å². The molecule has 120 valence electrons. The van der Waals surface area contributed by atoms with E-state index in [0.29, 0.717) is 11.1 Å². The van der Waals surface area contributed by atoms with Gasteiger partial charge in [-0.15, -0.1) is 10.2 Å². The molecule has 0 saturated heterocycles. The number of hydrogen-bond acceptors (Lipinski definition) is 5. The third kappa shape index (κ3) is 2.88. The van der Waals surface area contributed by atoms with Gasteiger partial charge in [0.05, 0.1) is 12.7 Å². The van der Waals surface area contributed by atoms with Crippen LogP contribution in [0.4, 0.5) is 0 Å². The lowest BCUT2D eigenvalue weighted by molar-refractivity contribution is 0.414. The molecule has 0 unspecified atom stereocenters. The maximum Gasteiger partial charge on any atom is 0.277 e. The van der Waals surface area contributed by atoms with Crippen LogP contribution in [0.25, 0.3) is 22.4 Å². The molecule has 24 heavy (non-hydrogen) atoms. The second kappa shape index (κ2) is 6.41. The molecule has 6 heteroatoms. The van der Waals surface area contributed by atoms with Crippen LogP contribution in [-0.4, -0.2) is 22.3 Å². The molecule has 1 N–H and O–H groups in total. The van der Waals surface area contributed by atoms with E-state index in [1.54, 1.807) is 7.11 Å². The lowest BCUT2D eigenvalue weighted by Crippen LogP contribution is -1.84. The number of H-pyrrole nitrogens is 1. The van der Waals surface area contributed by atoms with E-state index in [-0.39, 0.29) is 0 Å². The third-order valence-electron chi connectivity index (χ3n) is 3.75. The molecule has 4 rings (SSSR count). The Balaban J connectivity index is 1.50. The van der Waals surface area contributed by atoms with Gasteiger partial charge in [0, 0.05) is 22.9 Å². The first-order valence-electron chi connectivity index (χ1n) is 7.49. The summed E-state index contributed by atoms with van der Waals surface area (Å²) in [7, 11) is 1.66. The van der Waals surface area contributed by atoms with Gasteiger partial charge >= 0.3 is 0 Å². The van der Waals surface area contributed by atoms with Crippen LogP contribution in [0.5, 0.6) is 5.75 Å². The van der Waals surface area contributed by atoms with E-state index in [2.05, 4.69) is 15.2 Å². The summed E-state index contributed by atoms with van der Waals surface area (Å²) in [5.74, 6) is 2.15. The maximum atomic E-state index is 5.80. The zero-order chi connectivity index (χ0) is 16.4. The zero-order valence-electron chi connectivity index (χ0n) is 13.0. The number of ether oxygens (including phenoxy) is 1. The van der Waals surface area contributed by atoms with Crippen molar-refractivity contribution in [2.75, 3.05) is 7.11 Å². The van der Waals surface area contributed by atoms with Crippen LogP contribution in [0.3, 0.4) is 0 Å². The van der Waals surface area contributed by atoms with Crippen molar-refractivity contribution >= 4 is 22.7 Å². The Hall–Kier alpha value is -2.73. The molecule has 2 aromatic carbocycles. The Bertz CT molecular complexity index is 960. The van der Waals surface area contributed by atoms with Crippen molar-refractivity contribution in [3.05, 3.63) is 60.3 Å². The van der Waals surface area contributed by atoms with Crippen LogP contribution in [-0.2, 0) is 5.75 Å². The van der Waals surface area contributed by atoms with E-state index in [0.717, 1.165) is 28.0 Å². The van der Waals surface area contributed by atoms with E-state index < -0.39 is 0 Å². The van der Waals surface area contributed by atoms with Crippen LogP contribution < -0.4 is 4.74 Å². The number of nitrogens with zero attached hydrogens (tertiary/aromatic N) is 2. The summed E-state index contributed by atoms with van der Waals surface area (Å²) in [6, 6.07) is 16.0. The lowest BCUT2D eigenvalue weighted by atomic mass is 10.2. The van der Waals surface area contributed by atoms with Crippen molar-refractivity contribution in [1.82, 2.24) is 15.2 Å². The molecule has 0 aliphatic rings. The number of para-hydroxylation sites is 1. The summed E-state index contributed by atoms with van der Waals surface area (Å²) in [4.78, 5) is 3.22. The largest absolute Gasteiger partial charge is 0.497 e. The number of rotatable bonds is 5. The van der Waals surface area contributed by atoms with Gasteiger partial charge in [-0.05, 0) is 23.8 Å². The summed E-state index contributed by atoms with van der Waals surface area (Å²) >= 11 is 1.52. The first-order chi connectivity index (χ1) is 11.8. The van der Waals surface area contributed by atoms with Gasteiger partial charge in [-0.2, -0.15) is 0 Å². The van der Waals surface area contributed by atoms with Gasteiger partial charge in [-0.3, -0.25) is 0 Å². The fourth-order valence-corrected chi connectivity index (χ4v) is 3.21. The summed E-state index contributed by atoms with van der Waals surface area (Å²) in [5, 5.41) is 9.94. The molecule has 0 bridgehead atoms. The van der Waals surface area contributed by atoms with Crippen LogP contribution in [0, 0.1) is 0 Å². The van der Waals surface area contributed by atoms with Gasteiger partial charge in [0.15, 0.2) is 0 Å². The highest BCUT2D eigenvalue weighted by atomic mass is 32.2. The summed E-state index contributed by atoms with van der Waals surface area (Å²) in [6.45, 7) is 0. The standard InChI is InChI=1S/C18H15N3O2S/c1-22-13-8-6-12(7-9-13)11-24-18-21-20-17(23-18)15-10-19-16-5-3-2-4-14(15)16/h2-10,19H,11H2,1H3. The monoisotopic (exact) mass is 337 g/mol. The Morgan fingerprint density at radius 2 is 1.92 bits per heavy atom. The Kier molecular flexibility index (Phi) is 3.96. The third-order valence-corrected chi connectivity index (χ3v) is 4.64. The molecule has 0 amide bonds. The Labute approximate surface area is 143 Å². The highest BCUT2D eigenvalue weighted by Crippen LogP contribution is 2.30. The summed E-state index contributed by atoms with van der Waals surface area (Å²) in [6.07, 6.45) is 1.90. The minimum Gasteiger partial charge on any atom is -0.497 e. The molecule has 0 atom stereocenters. The number of methoxy groups -OCH3 is 1. The second-order valence-corrected chi connectivity index (χ2v) is 6.18. The van der Waals surface area contributed by atoms with Crippen molar-refractivity contribution < 1.29 is 9.15 Å². The van der Waals surface area contributed by atoms with Gasteiger partial charge in [-0.25, -0.2) is 0 Å². The summed E-state index contributed by atoms with van der Waals surface area (Å²) < 4.78 is 11.0. The number of fused-ring (bicyclic) bond motifs is 1. The topological polar surface area (TPSA) is 63.9 Å². The van der Waals surface area contributed by atoms with Gasteiger partial charge in [0.1, 0.15) is 5.75 Å². The zero-order valence-corrected chi connectivity index (χ0v) is 13.8. The molecule has 2 heterocycles. The van der Waals surface area contributed by atoms with Gasteiger partial charge in [-0.1, -0.05) is 42.1 Å². The number of nitrogens with one attached hydrogen (secondary N) is 1. The molecule has 2 aromatic heterocycles. The molecule has 0 radical (unpaired) electrons. The van der Waals surface area contributed by atoms with Crippen LogP contribution in [0.2, 0.25) is 0 Å². The van der Waals surface area contributed by atoms with E-state index in [9.17, 15) is 0 Å². The number of benzene rings is 2. The van der Waals surface area contributed by atoms with Gasteiger partial charge < -0.3 is 14.1 Å². The van der Waals surface area contributed by atoms with Crippen LogP contribution in [0.1, 0.15) is 5.56 Å². The Morgan fingerprint density at radius 1 is 1.08 bits per heavy atom. The molecule has 0 aliphatic carbocycles.